The normalized spacial score (nSPS) is 18.3. The summed E-state index contributed by atoms with van der Waals surface area (Å²) in [6.07, 6.45) is 4.06. The SMILES string of the molecule is O=C(NCC(O)COCC1CC1)c1cc(C2CC2)nc2ccccc12. The van der Waals surface area contributed by atoms with Crippen LogP contribution in [0.3, 0.4) is 0 Å². The summed E-state index contributed by atoms with van der Waals surface area (Å²) in [4.78, 5) is 17.3. The zero-order chi connectivity index (χ0) is 17.2. The van der Waals surface area contributed by atoms with Crippen molar-refractivity contribution < 1.29 is 14.6 Å². The Labute approximate surface area is 147 Å². The van der Waals surface area contributed by atoms with Gasteiger partial charge >= 0.3 is 0 Å². The van der Waals surface area contributed by atoms with Gasteiger partial charge in [-0.3, -0.25) is 9.78 Å². The molecule has 0 aliphatic heterocycles. The molecule has 1 amide bonds. The number of amides is 1. The molecular formula is C20H24N2O3. The van der Waals surface area contributed by atoms with E-state index in [0.717, 1.165) is 29.4 Å². The molecule has 4 rings (SSSR count). The minimum Gasteiger partial charge on any atom is -0.389 e. The highest BCUT2D eigenvalue weighted by molar-refractivity contribution is 6.06. The van der Waals surface area contributed by atoms with Crippen LogP contribution in [0.4, 0.5) is 0 Å². The second-order valence-electron chi connectivity index (χ2n) is 7.23. The average molecular weight is 340 g/mol. The monoisotopic (exact) mass is 340 g/mol. The van der Waals surface area contributed by atoms with Crippen LogP contribution >= 0.6 is 0 Å². The first kappa shape index (κ1) is 16.5. The smallest absolute Gasteiger partial charge is 0.252 e. The number of para-hydroxylation sites is 1. The quantitative estimate of drug-likeness (QED) is 0.775. The molecule has 0 bridgehead atoms. The molecule has 2 N–H and O–H groups in total. The van der Waals surface area contributed by atoms with Crippen LogP contribution in [0.2, 0.25) is 0 Å². The van der Waals surface area contributed by atoms with E-state index in [2.05, 4.69) is 10.3 Å². The van der Waals surface area contributed by atoms with Crippen molar-refractivity contribution in [2.45, 2.75) is 37.7 Å². The summed E-state index contributed by atoms with van der Waals surface area (Å²) < 4.78 is 5.48. The predicted octanol–water partition coefficient (Wildman–Crippen LogP) is 2.63. The molecule has 1 unspecified atom stereocenters. The Morgan fingerprint density at radius 1 is 1.28 bits per heavy atom. The number of hydrogen-bond donors (Lipinski definition) is 2. The molecular weight excluding hydrogens is 316 g/mol. The van der Waals surface area contributed by atoms with Crippen molar-refractivity contribution in [2.24, 2.45) is 5.92 Å². The summed E-state index contributed by atoms with van der Waals surface area (Å²) in [6, 6.07) is 9.62. The van der Waals surface area contributed by atoms with Crippen molar-refractivity contribution in [2.75, 3.05) is 19.8 Å². The molecule has 0 spiro atoms. The van der Waals surface area contributed by atoms with Crippen LogP contribution in [0.15, 0.2) is 30.3 Å². The van der Waals surface area contributed by atoms with Gasteiger partial charge in [0.15, 0.2) is 0 Å². The molecule has 25 heavy (non-hydrogen) atoms. The first-order valence-corrected chi connectivity index (χ1v) is 9.14. The summed E-state index contributed by atoms with van der Waals surface area (Å²) in [5, 5.41) is 13.7. The Balaban J connectivity index is 1.41. The topological polar surface area (TPSA) is 71.5 Å². The predicted molar refractivity (Wildman–Crippen MR) is 95.6 cm³/mol. The maximum Gasteiger partial charge on any atom is 0.252 e. The second-order valence-corrected chi connectivity index (χ2v) is 7.23. The third-order valence-electron chi connectivity index (χ3n) is 4.84. The Bertz CT molecular complexity index is 769. The van der Waals surface area contributed by atoms with Gasteiger partial charge in [-0.1, -0.05) is 18.2 Å². The zero-order valence-corrected chi connectivity index (χ0v) is 14.3. The Morgan fingerprint density at radius 3 is 2.84 bits per heavy atom. The van der Waals surface area contributed by atoms with Crippen molar-refractivity contribution in [1.29, 1.82) is 0 Å². The molecule has 0 radical (unpaired) electrons. The molecule has 132 valence electrons. The van der Waals surface area contributed by atoms with Gasteiger partial charge in [-0.15, -0.1) is 0 Å². The number of pyridine rings is 1. The first-order chi connectivity index (χ1) is 12.2. The fourth-order valence-electron chi connectivity index (χ4n) is 2.99. The third kappa shape index (κ3) is 4.17. The van der Waals surface area contributed by atoms with Gasteiger partial charge in [0.05, 0.1) is 23.8 Å². The number of aromatic nitrogens is 1. The number of rotatable bonds is 8. The van der Waals surface area contributed by atoms with E-state index in [4.69, 9.17) is 4.74 Å². The van der Waals surface area contributed by atoms with Crippen LogP contribution in [0.5, 0.6) is 0 Å². The van der Waals surface area contributed by atoms with Gasteiger partial charge in [-0.05, 0) is 43.7 Å². The second kappa shape index (κ2) is 7.10. The van der Waals surface area contributed by atoms with E-state index in [1.807, 2.05) is 30.3 Å². The molecule has 0 saturated heterocycles. The van der Waals surface area contributed by atoms with Gasteiger partial charge < -0.3 is 15.2 Å². The number of nitrogens with zero attached hydrogens (tertiary/aromatic N) is 1. The highest BCUT2D eigenvalue weighted by atomic mass is 16.5. The van der Waals surface area contributed by atoms with Crippen LogP contribution in [-0.2, 0) is 4.74 Å². The fraction of sp³-hybridized carbons (Fsp3) is 0.500. The first-order valence-electron chi connectivity index (χ1n) is 9.14. The molecule has 1 atom stereocenters. The van der Waals surface area contributed by atoms with Crippen molar-refractivity contribution in [3.8, 4) is 0 Å². The van der Waals surface area contributed by atoms with Gasteiger partial charge in [0.25, 0.3) is 5.91 Å². The third-order valence-corrected chi connectivity index (χ3v) is 4.84. The highest BCUT2D eigenvalue weighted by Gasteiger charge is 2.27. The molecule has 2 aromatic rings. The maximum atomic E-state index is 12.7. The van der Waals surface area contributed by atoms with E-state index >= 15 is 0 Å². The average Bonchev–Trinajstić information content (AvgIpc) is 3.52. The lowest BCUT2D eigenvalue weighted by molar-refractivity contribution is 0.0321. The van der Waals surface area contributed by atoms with E-state index in [0.29, 0.717) is 24.0 Å². The molecule has 2 saturated carbocycles. The lowest BCUT2D eigenvalue weighted by Crippen LogP contribution is -2.35. The summed E-state index contributed by atoms with van der Waals surface area (Å²) in [5.74, 6) is 0.991. The van der Waals surface area contributed by atoms with Gasteiger partial charge in [-0.25, -0.2) is 0 Å². The Hall–Kier alpha value is -1.98. The van der Waals surface area contributed by atoms with E-state index < -0.39 is 6.10 Å². The van der Waals surface area contributed by atoms with Gasteiger partial charge in [0.2, 0.25) is 0 Å². The number of nitrogens with one attached hydrogen (secondary N) is 1. The van der Waals surface area contributed by atoms with Crippen LogP contribution in [0, 0.1) is 5.92 Å². The van der Waals surface area contributed by atoms with Crippen molar-refractivity contribution >= 4 is 16.8 Å². The molecule has 1 aromatic heterocycles. The molecule has 2 aliphatic rings. The Morgan fingerprint density at radius 2 is 2.08 bits per heavy atom. The summed E-state index contributed by atoms with van der Waals surface area (Å²) >= 11 is 0. The number of ether oxygens (including phenoxy) is 1. The van der Waals surface area contributed by atoms with Crippen molar-refractivity contribution in [3.05, 3.63) is 41.6 Å². The standard InChI is InChI=1S/C20H24N2O3/c23-15(12-25-11-13-5-6-13)10-21-20(24)17-9-19(14-7-8-14)22-18-4-2-1-3-16(17)18/h1-4,9,13-15,23H,5-8,10-12H2,(H,21,24). The van der Waals surface area contributed by atoms with E-state index in [1.165, 1.54) is 12.8 Å². The molecule has 1 aromatic carbocycles. The lowest BCUT2D eigenvalue weighted by atomic mass is 10.1. The maximum absolute atomic E-state index is 12.7. The van der Waals surface area contributed by atoms with E-state index in [1.54, 1.807) is 0 Å². The van der Waals surface area contributed by atoms with Crippen LogP contribution in [-0.4, -0.2) is 41.9 Å². The fourth-order valence-corrected chi connectivity index (χ4v) is 2.99. The molecule has 5 nitrogen and oxygen atoms in total. The minimum atomic E-state index is -0.682. The number of fused-ring (bicyclic) bond motifs is 1. The Kier molecular flexibility index (Phi) is 4.68. The van der Waals surface area contributed by atoms with E-state index in [-0.39, 0.29) is 19.1 Å². The van der Waals surface area contributed by atoms with E-state index in [9.17, 15) is 9.90 Å². The van der Waals surface area contributed by atoms with Gasteiger partial charge in [0, 0.05) is 30.1 Å². The number of aliphatic hydroxyl groups excluding tert-OH is 1. The van der Waals surface area contributed by atoms with Crippen LogP contribution in [0.1, 0.15) is 47.7 Å². The van der Waals surface area contributed by atoms with Crippen molar-refractivity contribution in [3.63, 3.8) is 0 Å². The summed E-state index contributed by atoms with van der Waals surface area (Å²) in [5.41, 5.74) is 2.49. The number of benzene rings is 1. The van der Waals surface area contributed by atoms with Crippen molar-refractivity contribution in [1.82, 2.24) is 10.3 Å². The largest absolute Gasteiger partial charge is 0.389 e. The molecule has 5 heteroatoms. The van der Waals surface area contributed by atoms with Crippen LogP contribution < -0.4 is 5.32 Å². The summed E-state index contributed by atoms with van der Waals surface area (Å²) in [6.45, 7) is 1.17. The zero-order valence-electron chi connectivity index (χ0n) is 14.3. The lowest BCUT2D eigenvalue weighted by Gasteiger charge is -2.14. The van der Waals surface area contributed by atoms with Gasteiger partial charge in [-0.2, -0.15) is 0 Å². The number of carbonyl (C=O) groups is 1. The van der Waals surface area contributed by atoms with Gasteiger partial charge in [0.1, 0.15) is 0 Å². The van der Waals surface area contributed by atoms with Crippen LogP contribution in [0.25, 0.3) is 10.9 Å². The number of aliphatic hydroxyl groups is 1. The molecule has 2 aliphatic carbocycles. The number of carbonyl (C=O) groups excluding carboxylic acids is 1. The minimum absolute atomic E-state index is 0.165. The number of hydrogen-bond acceptors (Lipinski definition) is 4. The molecule has 2 fully saturated rings. The molecule has 1 heterocycles. The highest BCUT2D eigenvalue weighted by Crippen LogP contribution is 2.40. The summed E-state index contributed by atoms with van der Waals surface area (Å²) in [7, 11) is 0.